The average Bonchev–Trinajstić information content (AvgIpc) is 2.40. The van der Waals surface area contributed by atoms with Crippen molar-refractivity contribution in [3.8, 4) is 0 Å². The molecule has 4 rings (SSSR count). The van der Waals surface area contributed by atoms with Gasteiger partial charge in [-0.25, -0.2) is 9.59 Å². The zero-order valence-corrected chi connectivity index (χ0v) is 13.5. The summed E-state index contributed by atoms with van der Waals surface area (Å²) in [6.45, 7) is 3.93. The van der Waals surface area contributed by atoms with Gasteiger partial charge in [0.2, 0.25) is 0 Å². The molecule has 0 heterocycles. The summed E-state index contributed by atoms with van der Waals surface area (Å²) in [5.74, 6) is 2.25. The van der Waals surface area contributed by atoms with E-state index in [2.05, 4.69) is 10.6 Å². The van der Waals surface area contributed by atoms with Gasteiger partial charge in [0.1, 0.15) is 6.04 Å². The van der Waals surface area contributed by atoms with Crippen LogP contribution in [0.2, 0.25) is 0 Å². The molecular weight excluding hydrogens is 280 g/mol. The minimum absolute atomic E-state index is 0.238. The van der Waals surface area contributed by atoms with E-state index in [9.17, 15) is 14.7 Å². The van der Waals surface area contributed by atoms with Crippen LogP contribution in [-0.4, -0.2) is 29.2 Å². The molecule has 4 saturated carbocycles. The number of carboxylic acid groups (broad SMARTS) is 1. The highest BCUT2D eigenvalue weighted by molar-refractivity contribution is 5.82. The van der Waals surface area contributed by atoms with Gasteiger partial charge in [0.15, 0.2) is 0 Å². The van der Waals surface area contributed by atoms with Crippen molar-refractivity contribution < 1.29 is 14.7 Å². The lowest BCUT2D eigenvalue weighted by atomic mass is 9.54. The Labute approximate surface area is 132 Å². The molecule has 0 aromatic rings. The molecule has 22 heavy (non-hydrogen) atoms. The van der Waals surface area contributed by atoms with Gasteiger partial charge in [0, 0.05) is 6.04 Å². The molecule has 5 nitrogen and oxygen atoms in total. The fourth-order valence-electron chi connectivity index (χ4n) is 5.21. The first kappa shape index (κ1) is 15.6. The van der Waals surface area contributed by atoms with Crippen molar-refractivity contribution in [3.05, 3.63) is 0 Å². The Morgan fingerprint density at radius 2 is 1.59 bits per heavy atom. The minimum Gasteiger partial charge on any atom is -0.480 e. The van der Waals surface area contributed by atoms with Gasteiger partial charge in [0.25, 0.3) is 0 Å². The molecule has 4 fully saturated rings. The summed E-state index contributed by atoms with van der Waals surface area (Å²) < 4.78 is 0. The molecule has 4 aliphatic carbocycles. The van der Waals surface area contributed by atoms with Gasteiger partial charge in [-0.1, -0.05) is 13.8 Å². The van der Waals surface area contributed by atoms with Gasteiger partial charge in [-0.3, -0.25) is 0 Å². The van der Waals surface area contributed by atoms with E-state index in [1.54, 1.807) is 0 Å². The van der Waals surface area contributed by atoms with Crippen LogP contribution < -0.4 is 10.6 Å². The summed E-state index contributed by atoms with van der Waals surface area (Å²) >= 11 is 0. The lowest BCUT2D eigenvalue weighted by Gasteiger charge is -2.54. The Balaban J connectivity index is 1.56. The molecule has 3 N–H and O–H groups in total. The van der Waals surface area contributed by atoms with Crippen molar-refractivity contribution >= 4 is 12.0 Å². The Bertz CT molecular complexity index is 421. The molecule has 0 aliphatic heterocycles. The second-order valence-corrected chi connectivity index (χ2v) is 8.09. The summed E-state index contributed by atoms with van der Waals surface area (Å²) in [4.78, 5) is 23.5. The van der Waals surface area contributed by atoms with Crippen LogP contribution in [0.5, 0.6) is 0 Å². The number of urea groups is 1. The SMILES string of the molecule is CC(C)C[C@H](NC(=O)NC1C2CC3CC(C2)CC1C3)C(=O)O. The van der Waals surface area contributed by atoms with E-state index in [1.165, 1.54) is 32.1 Å². The van der Waals surface area contributed by atoms with Crippen LogP contribution in [0.4, 0.5) is 4.79 Å². The molecule has 1 atom stereocenters. The first-order valence-corrected chi connectivity index (χ1v) is 8.72. The molecule has 0 spiro atoms. The predicted octanol–water partition coefficient (Wildman–Crippen LogP) is 2.61. The zero-order chi connectivity index (χ0) is 15.9. The second-order valence-electron chi connectivity index (χ2n) is 8.09. The summed E-state index contributed by atoms with van der Waals surface area (Å²) in [5, 5.41) is 15.0. The summed E-state index contributed by atoms with van der Waals surface area (Å²) in [5.41, 5.74) is 0. The Morgan fingerprint density at radius 3 is 2.05 bits per heavy atom. The van der Waals surface area contributed by atoms with Crippen molar-refractivity contribution in [2.45, 2.75) is 64.5 Å². The standard InChI is InChI=1S/C17H28N2O3/c1-9(2)3-14(16(20)21)18-17(22)19-15-12-5-10-4-11(7-12)8-13(15)6-10/h9-15H,3-8H2,1-2H3,(H,20,21)(H2,18,19,22)/t10?,11?,12?,13?,14-,15?/m0/s1. The Hall–Kier alpha value is -1.26. The largest absolute Gasteiger partial charge is 0.480 e. The van der Waals surface area contributed by atoms with E-state index in [0.717, 1.165) is 11.8 Å². The third kappa shape index (κ3) is 3.23. The minimum atomic E-state index is -0.950. The van der Waals surface area contributed by atoms with E-state index < -0.39 is 12.0 Å². The lowest BCUT2D eigenvalue weighted by molar-refractivity contribution is -0.139. The maximum Gasteiger partial charge on any atom is 0.326 e. The van der Waals surface area contributed by atoms with Crippen LogP contribution >= 0.6 is 0 Å². The molecule has 2 amide bonds. The third-order valence-electron chi connectivity index (χ3n) is 5.84. The van der Waals surface area contributed by atoms with Gasteiger partial charge >= 0.3 is 12.0 Å². The van der Waals surface area contributed by atoms with Crippen molar-refractivity contribution in [1.82, 2.24) is 10.6 Å². The zero-order valence-electron chi connectivity index (χ0n) is 13.5. The third-order valence-corrected chi connectivity index (χ3v) is 5.84. The summed E-state index contributed by atoms with van der Waals surface area (Å²) in [7, 11) is 0. The molecule has 0 unspecified atom stereocenters. The summed E-state index contributed by atoms with van der Waals surface area (Å²) in [6.07, 6.45) is 6.82. The highest BCUT2D eigenvalue weighted by atomic mass is 16.4. The monoisotopic (exact) mass is 308 g/mol. The number of amides is 2. The highest BCUT2D eigenvalue weighted by Gasteiger charge is 2.48. The number of nitrogens with one attached hydrogen (secondary N) is 2. The number of hydrogen-bond acceptors (Lipinski definition) is 2. The van der Waals surface area contributed by atoms with Crippen LogP contribution in [-0.2, 0) is 4.79 Å². The van der Waals surface area contributed by atoms with Crippen molar-refractivity contribution in [3.63, 3.8) is 0 Å². The van der Waals surface area contributed by atoms with E-state index in [1.807, 2.05) is 13.8 Å². The highest BCUT2D eigenvalue weighted by Crippen LogP contribution is 2.53. The molecule has 0 saturated heterocycles. The van der Waals surface area contributed by atoms with E-state index in [4.69, 9.17) is 0 Å². The molecule has 4 bridgehead atoms. The summed E-state index contributed by atoms with van der Waals surface area (Å²) in [6, 6.07) is -0.844. The smallest absolute Gasteiger partial charge is 0.326 e. The lowest BCUT2D eigenvalue weighted by Crippen LogP contribution is -2.58. The predicted molar refractivity (Wildman–Crippen MR) is 83.4 cm³/mol. The number of carbonyl (C=O) groups is 2. The van der Waals surface area contributed by atoms with Crippen LogP contribution in [0.3, 0.4) is 0 Å². The van der Waals surface area contributed by atoms with Gasteiger partial charge < -0.3 is 15.7 Å². The fourth-order valence-corrected chi connectivity index (χ4v) is 5.21. The number of hydrogen-bond donors (Lipinski definition) is 3. The number of carbonyl (C=O) groups excluding carboxylic acids is 1. The van der Waals surface area contributed by atoms with E-state index in [0.29, 0.717) is 18.3 Å². The van der Waals surface area contributed by atoms with Crippen molar-refractivity contribution in [1.29, 1.82) is 0 Å². The number of carboxylic acids is 1. The molecule has 5 heteroatoms. The van der Waals surface area contributed by atoms with Crippen molar-refractivity contribution in [2.75, 3.05) is 0 Å². The quantitative estimate of drug-likeness (QED) is 0.730. The molecular formula is C17H28N2O3. The fraction of sp³-hybridized carbons (Fsp3) is 0.882. The number of rotatable bonds is 5. The normalized spacial score (nSPS) is 37.1. The second kappa shape index (κ2) is 6.09. The van der Waals surface area contributed by atoms with Crippen LogP contribution in [0, 0.1) is 29.6 Å². The maximum absolute atomic E-state index is 12.2. The van der Waals surface area contributed by atoms with E-state index >= 15 is 0 Å². The molecule has 4 aliphatic rings. The molecule has 0 radical (unpaired) electrons. The van der Waals surface area contributed by atoms with E-state index in [-0.39, 0.29) is 18.0 Å². The average molecular weight is 308 g/mol. The van der Waals surface area contributed by atoms with Gasteiger partial charge in [0.05, 0.1) is 0 Å². The molecule has 124 valence electrons. The molecule has 0 aromatic carbocycles. The first-order valence-electron chi connectivity index (χ1n) is 8.72. The number of aliphatic carboxylic acids is 1. The van der Waals surface area contributed by atoms with Gasteiger partial charge in [-0.15, -0.1) is 0 Å². The topological polar surface area (TPSA) is 78.4 Å². The van der Waals surface area contributed by atoms with Crippen LogP contribution in [0.1, 0.15) is 52.4 Å². The Kier molecular flexibility index (Phi) is 4.33. The first-order chi connectivity index (χ1) is 10.4. The molecule has 0 aromatic heterocycles. The van der Waals surface area contributed by atoms with Gasteiger partial charge in [-0.2, -0.15) is 0 Å². The van der Waals surface area contributed by atoms with Crippen LogP contribution in [0.25, 0.3) is 0 Å². The van der Waals surface area contributed by atoms with Crippen molar-refractivity contribution in [2.24, 2.45) is 29.6 Å². The Morgan fingerprint density at radius 1 is 1.05 bits per heavy atom. The van der Waals surface area contributed by atoms with Crippen LogP contribution in [0.15, 0.2) is 0 Å². The maximum atomic E-state index is 12.2. The van der Waals surface area contributed by atoms with Gasteiger partial charge in [-0.05, 0) is 68.1 Å².